The Morgan fingerprint density at radius 3 is 2.71 bits per heavy atom. The van der Waals surface area contributed by atoms with Crippen LogP contribution in [-0.4, -0.2) is 58.8 Å². The first-order valence-electron chi connectivity index (χ1n) is 7.42. The summed E-state index contributed by atoms with van der Waals surface area (Å²) in [6.45, 7) is 8.57. The monoisotopic (exact) mass is 323 g/mol. The van der Waals surface area contributed by atoms with Gasteiger partial charge in [0.2, 0.25) is 5.91 Å². The number of piperazine rings is 1. The molecule has 21 heavy (non-hydrogen) atoms. The normalized spacial score (nSPS) is 24.1. The molecule has 3 rings (SSSR count). The molecule has 114 valence electrons. The van der Waals surface area contributed by atoms with Gasteiger partial charge in [0.1, 0.15) is 0 Å². The summed E-state index contributed by atoms with van der Waals surface area (Å²) in [6, 6.07) is 2.05. The molecule has 0 bridgehead atoms. The Bertz CT molecular complexity index is 521. The van der Waals surface area contributed by atoms with Crippen molar-refractivity contribution >= 4 is 34.2 Å². The molecule has 2 atom stereocenters. The van der Waals surface area contributed by atoms with E-state index in [1.165, 1.54) is 5.17 Å². The van der Waals surface area contributed by atoms with Crippen LogP contribution < -0.4 is 0 Å². The van der Waals surface area contributed by atoms with Crippen LogP contribution in [0.2, 0.25) is 0 Å². The molecular formula is C15H21N3OS2. The smallest absolute Gasteiger partial charge is 0.229 e. The van der Waals surface area contributed by atoms with E-state index in [9.17, 15) is 4.79 Å². The Morgan fingerprint density at radius 2 is 2.14 bits per heavy atom. The zero-order valence-corrected chi connectivity index (χ0v) is 14.1. The standard InChI is InChI=1S/C15H21N3OS2/c1-11-9-16-15(21-11)18-6-4-17(5-7-18)14(19)12(2)13-3-8-20-10-13/h3,8,10-12H,4-7,9H2,1-2H3/t11-,12+/m0/s1. The van der Waals surface area contributed by atoms with Crippen molar-refractivity contribution in [3.63, 3.8) is 0 Å². The van der Waals surface area contributed by atoms with E-state index in [2.05, 4.69) is 28.3 Å². The molecule has 1 amide bonds. The molecule has 0 aliphatic carbocycles. The molecule has 6 heteroatoms. The Kier molecular flexibility index (Phi) is 4.54. The fraction of sp³-hybridized carbons (Fsp3) is 0.600. The topological polar surface area (TPSA) is 35.9 Å². The van der Waals surface area contributed by atoms with E-state index in [4.69, 9.17) is 0 Å². The number of hydrogen-bond donors (Lipinski definition) is 0. The third-order valence-electron chi connectivity index (χ3n) is 4.07. The van der Waals surface area contributed by atoms with Gasteiger partial charge in [0.05, 0.1) is 12.5 Å². The molecule has 2 aliphatic heterocycles. The Hall–Kier alpha value is -1.01. The van der Waals surface area contributed by atoms with E-state index in [0.29, 0.717) is 5.25 Å². The molecule has 0 saturated carbocycles. The molecule has 2 aliphatic rings. The summed E-state index contributed by atoms with van der Waals surface area (Å²) in [7, 11) is 0. The van der Waals surface area contributed by atoms with E-state index in [1.54, 1.807) is 11.3 Å². The van der Waals surface area contributed by atoms with Crippen LogP contribution in [0.1, 0.15) is 25.3 Å². The third kappa shape index (κ3) is 3.26. The van der Waals surface area contributed by atoms with Crippen molar-refractivity contribution in [1.29, 1.82) is 0 Å². The van der Waals surface area contributed by atoms with E-state index < -0.39 is 0 Å². The maximum absolute atomic E-state index is 12.6. The quantitative estimate of drug-likeness (QED) is 0.839. The fourth-order valence-electron chi connectivity index (χ4n) is 2.69. The van der Waals surface area contributed by atoms with Crippen molar-refractivity contribution in [2.45, 2.75) is 25.0 Å². The summed E-state index contributed by atoms with van der Waals surface area (Å²) in [6.07, 6.45) is 0. The molecule has 1 aromatic heterocycles. The second-order valence-electron chi connectivity index (χ2n) is 5.64. The lowest BCUT2D eigenvalue weighted by molar-refractivity contribution is -0.133. The first-order chi connectivity index (χ1) is 10.1. The van der Waals surface area contributed by atoms with Crippen LogP contribution in [0.15, 0.2) is 21.8 Å². The molecule has 0 spiro atoms. The summed E-state index contributed by atoms with van der Waals surface area (Å²) in [5.41, 5.74) is 1.14. The van der Waals surface area contributed by atoms with Crippen LogP contribution in [0.5, 0.6) is 0 Å². The van der Waals surface area contributed by atoms with Crippen LogP contribution in [0.25, 0.3) is 0 Å². The predicted molar refractivity (Wildman–Crippen MR) is 90.2 cm³/mol. The fourth-order valence-corrected chi connectivity index (χ4v) is 4.44. The average molecular weight is 323 g/mol. The van der Waals surface area contributed by atoms with Gasteiger partial charge in [-0.2, -0.15) is 11.3 Å². The van der Waals surface area contributed by atoms with Crippen LogP contribution >= 0.6 is 23.1 Å². The highest BCUT2D eigenvalue weighted by Gasteiger charge is 2.28. The van der Waals surface area contributed by atoms with E-state index in [1.807, 2.05) is 29.0 Å². The number of thioether (sulfide) groups is 1. The molecule has 1 aromatic rings. The van der Waals surface area contributed by atoms with E-state index >= 15 is 0 Å². The van der Waals surface area contributed by atoms with Crippen molar-refractivity contribution in [3.8, 4) is 0 Å². The highest BCUT2D eigenvalue weighted by Crippen LogP contribution is 2.25. The average Bonchev–Trinajstić information content (AvgIpc) is 3.17. The number of hydrogen-bond acceptors (Lipinski definition) is 5. The van der Waals surface area contributed by atoms with Gasteiger partial charge in [-0.3, -0.25) is 9.79 Å². The largest absolute Gasteiger partial charge is 0.348 e. The molecule has 1 saturated heterocycles. The molecule has 4 nitrogen and oxygen atoms in total. The number of nitrogens with zero attached hydrogens (tertiary/aromatic N) is 3. The summed E-state index contributed by atoms with van der Waals surface area (Å²) < 4.78 is 0. The molecule has 0 radical (unpaired) electrons. The lowest BCUT2D eigenvalue weighted by Crippen LogP contribution is -2.50. The van der Waals surface area contributed by atoms with Crippen LogP contribution in [0, 0.1) is 0 Å². The zero-order chi connectivity index (χ0) is 14.8. The maximum Gasteiger partial charge on any atom is 0.229 e. The Labute approximate surface area is 134 Å². The van der Waals surface area contributed by atoms with Crippen LogP contribution in [0.4, 0.5) is 0 Å². The van der Waals surface area contributed by atoms with Crippen LogP contribution in [-0.2, 0) is 4.79 Å². The number of amidine groups is 1. The number of amides is 1. The summed E-state index contributed by atoms with van der Waals surface area (Å²) in [5.74, 6) is 0.225. The predicted octanol–water partition coefficient (Wildman–Crippen LogP) is 2.49. The highest BCUT2D eigenvalue weighted by molar-refractivity contribution is 8.14. The minimum atomic E-state index is -0.0268. The van der Waals surface area contributed by atoms with Crippen molar-refractivity contribution in [1.82, 2.24) is 9.80 Å². The summed E-state index contributed by atoms with van der Waals surface area (Å²) in [4.78, 5) is 21.5. The van der Waals surface area contributed by atoms with Crippen molar-refractivity contribution < 1.29 is 4.79 Å². The highest BCUT2D eigenvalue weighted by atomic mass is 32.2. The van der Waals surface area contributed by atoms with Gasteiger partial charge in [-0.05, 0) is 29.3 Å². The van der Waals surface area contributed by atoms with Gasteiger partial charge in [0, 0.05) is 31.4 Å². The zero-order valence-electron chi connectivity index (χ0n) is 12.5. The second-order valence-corrected chi connectivity index (χ2v) is 7.83. The summed E-state index contributed by atoms with van der Waals surface area (Å²) >= 11 is 3.51. The van der Waals surface area contributed by atoms with Crippen molar-refractivity contribution in [3.05, 3.63) is 22.4 Å². The molecule has 0 aromatic carbocycles. The molecular weight excluding hydrogens is 302 g/mol. The van der Waals surface area contributed by atoms with Gasteiger partial charge < -0.3 is 9.80 Å². The van der Waals surface area contributed by atoms with Gasteiger partial charge in [-0.25, -0.2) is 0 Å². The first-order valence-corrected chi connectivity index (χ1v) is 9.24. The Balaban J connectivity index is 1.55. The molecule has 0 N–H and O–H groups in total. The van der Waals surface area contributed by atoms with Gasteiger partial charge >= 0.3 is 0 Å². The SMILES string of the molecule is C[C@H]1CN=C(N2CCN(C(=O)[C@H](C)c3ccsc3)CC2)S1. The maximum atomic E-state index is 12.6. The van der Waals surface area contributed by atoms with Gasteiger partial charge in [-0.15, -0.1) is 0 Å². The number of carbonyl (C=O) groups excluding carboxylic acids is 1. The van der Waals surface area contributed by atoms with Crippen molar-refractivity contribution in [2.75, 3.05) is 32.7 Å². The van der Waals surface area contributed by atoms with Gasteiger partial charge in [0.25, 0.3) is 0 Å². The lowest BCUT2D eigenvalue weighted by atomic mass is 10.0. The number of thiophene rings is 1. The molecule has 3 heterocycles. The number of aliphatic imine (C=N–C) groups is 1. The van der Waals surface area contributed by atoms with Crippen LogP contribution in [0.3, 0.4) is 0 Å². The van der Waals surface area contributed by atoms with E-state index in [-0.39, 0.29) is 11.8 Å². The van der Waals surface area contributed by atoms with Crippen molar-refractivity contribution in [2.24, 2.45) is 4.99 Å². The minimum absolute atomic E-state index is 0.0268. The minimum Gasteiger partial charge on any atom is -0.348 e. The summed E-state index contributed by atoms with van der Waals surface area (Å²) in [5, 5.41) is 5.87. The van der Waals surface area contributed by atoms with E-state index in [0.717, 1.165) is 38.3 Å². The third-order valence-corrected chi connectivity index (χ3v) is 5.92. The molecule has 0 unspecified atom stereocenters. The van der Waals surface area contributed by atoms with Gasteiger partial charge in [-0.1, -0.05) is 18.7 Å². The lowest BCUT2D eigenvalue weighted by Gasteiger charge is -2.36. The first kappa shape index (κ1) is 14.9. The second kappa shape index (κ2) is 6.40. The molecule has 1 fully saturated rings. The number of rotatable bonds is 2. The Morgan fingerprint density at radius 1 is 1.38 bits per heavy atom. The van der Waals surface area contributed by atoms with Gasteiger partial charge in [0.15, 0.2) is 5.17 Å². The number of carbonyl (C=O) groups is 1.